The van der Waals surface area contributed by atoms with Crippen LogP contribution in [0.5, 0.6) is 5.75 Å². The Labute approximate surface area is 286 Å². The summed E-state index contributed by atoms with van der Waals surface area (Å²) >= 11 is 5.55. The van der Waals surface area contributed by atoms with Gasteiger partial charge in [-0.1, -0.05) is 0 Å². The van der Waals surface area contributed by atoms with Gasteiger partial charge >= 0.3 is 11.7 Å². The molecule has 0 aliphatic carbocycles. The number of hydrazine groups is 1. The lowest BCUT2D eigenvalue weighted by Crippen LogP contribution is -2.48. The van der Waals surface area contributed by atoms with Crippen LogP contribution in [0.1, 0.15) is 31.5 Å². The number of rotatable bonds is 9. The first-order chi connectivity index (χ1) is 23.7. The van der Waals surface area contributed by atoms with E-state index in [0.29, 0.717) is 19.0 Å². The van der Waals surface area contributed by atoms with E-state index in [9.17, 15) is 18.4 Å². The summed E-state index contributed by atoms with van der Waals surface area (Å²) in [5.74, 6) is -1.34. The van der Waals surface area contributed by atoms with E-state index in [1.54, 1.807) is 25.2 Å². The van der Waals surface area contributed by atoms with Crippen molar-refractivity contribution in [2.24, 2.45) is 4.99 Å². The second-order valence-electron chi connectivity index (χ2n) is 12.2. The molecule has 4 aromatic rings. The van der Waals surface area contributed by atoms with Crippen molar-refractivity contribution in [3.63, 3.8) is 0 Å². The topological polar surface area (TPSA) is 101 Å². The highest BCUT2D eigenvalue weighted by Crippen LogP contribution is 2.40. The summed E-state index contributed by atoms with van der Waals surface area (Å²) < 4.78 is 42.4. The number of piperazine rings is 1. The van der Waals surface area contributed by atoms with E-state index in [1.165, 1.54) is 27.7 Å². The van der Waals surface area contributed by atoms with Crippen LogP contribution >= 0.6 is 11.6 Å². The summed E-state index contributed by atoms with van der Waals surface area (Å²) in [6.45, 7) is 7.22. The van der Waals surface area contributed by atoms with Crippen molar-refractivity contribution in [3.05, 3.63) is 94.7 Å². The third-order valence-electron chi connectivity index (χ3n) is 9.28. The lowest BCUT2D eigenvalue weighted by Gasteiger charge is -2.42. The lowest BCUT2D eigenvalue weighted by molar-refractivity contribution is -0.147. The number of carbonyl (C=O) groups is 1. The van der Waals surface area contributed by atoms with Crippen LogP contribution in [0.4, 0.5) is 25.8 Å². The molecule has 4 heterocycles. The second kappa shape index (κ2) is 13.5. The quantitative estimate of drug-likeness (QED) is 0.185. The van der Waals surface area contributed by atoms with Crippen molar-refractivity contribution in [2.75, 3.05) is 60.1 Å². The van der Waals surface area contributed by atoms with Crippen molar-refractivity contribution in [1.29, 1.82) is 0 Å². The number of nitrogens with zero attached hydrogens (tertiary/aromatic N) is 8. The number of aromatic nitrogens is 3. The van der Waals surface area contributed by atoms with Crippen molar-refractivity contribution in [1.82, 2.24) is 19.4 Å². The molecule has 1 unspecified atom stereocenters. The van der Waals surface area contributed by atoms with Crippen LogP contribution in [0.15, 0.2) is 76.8 Å². The molecule has 256 valence electrons. The molecule has 3 aliphatic rings. The van der Waals surface area contributed by atoms with Crippen LogP contribution in [-0.2, 0) is 9.53 Å². The van der Waals surface area contributed by atoms with E-state index in [-0.39, 0.29) is 23.3 Å². The number of hydrogen-bond donors (Lipinski definition) is 0. The van der Waals surface area contributed by atoms with Gasteiger partial charge in [-0.05, 0) is 68.4 Å². The molecule has 0 saturated carbocycles. The van der Waals surface area contributed by atoms with Crippen LogP contribution in [0.25, 0.3) is 5.69 Å². The Balaban J connectivity index is 1.03. The monoisotopic (exact) mass is 692 g/mol. The van der Waals surface area contributed by atoms with Crippen LogP contribution in [0.2, 0.25) is 0 Å². The summed E-state index contributed by atoms with van der Waals surface area (Å²) in [4.78, 5) is 33.8. The molecule has 0 N–H and O–H groups in total. The predicted molar refractivity (Wildman–Crippen MR) is 182 cm³/mol. The first kappa shape index (κ1) is 32.6. The zero-order valence-corrected chi connectivity index (χ0v) is 27.7. The van der Waals surface area contributed by atoms with Gasteiger partial charge < -0.3 is 19.3 Å². The van der Waals surface area contributed by atoms with Crippen LogP contribution < -0.4 is 25.2 Å². The number of esters is 1. The van der Waals surface area contributed by atoms with Crippen molar-refractivity contribution in [3.8, 4) is 11.4 Å². The molecule has 0 radical (unpaired) electrons. The number of fused-ring (bicyclic) bond motifs is 2. The van der Waals surface area contributed by atoms with E-state index >= 15 is 0 Å². The maximum absolute atomic E-state index is 14.8. The average Bonchev–Trinajstić information content (AvgIpc) is 3.75. The molecule has 3 aliphatic heterocycles. The molecular formula is C34H35ClF2N8O4. The Morgan fingerprint density at radius 1 is 0.980 bits per heavy atom. The molecule has 15 heteroatoms. The minimum atomic E-state index is -0.665. The zero-order valence-electron chi connectivity index (χ0n) is 27.0. The molecule has 12 nitrogen and oxygen atoms in total. The van der Waals surface area contributed by atoms with Gasteiger partial charge in [0.2, 0.25) is 0 Å². The highest BCUT2D eigenvalue weighted by atomic mass is 35.5. The Hall–Kier alpha value is -4.95. The molecule has 1 fully saturated rings. The molecule has 0 amide bonds. The van der Waals surface area contributed by atoms with Crippen molar-refractivity contribution < 1.29 is 23.0 Å². The SMILES string of the molecule is CC(OC(=O)CCl)[C@H](C)n1ncn(-c2ccc(N3CCN(c4ccc5cc4[C@H](N4CN=CN4c4ccc(F)cc4F)CO5)CC3)cc2)c1=O. The molecular weight excluding hydrogens is 658 g/mol. The van der Waals surface area contributed by atoms with Crippen LogP contribution in [0.3, 0.4) is 0 Å². The van der Waals surface area contributed by atoms with E-state index in [4.69, 9.17) is 21.1 Å². The van der Waals surface area contributed by atoms with Crippen molar-refractivity contribution >= 4 is 41.0 Å². The highest BCUT2D eigenvalue weighted by molar-refractivity contribution is 6.26. The summed E-state index contributed by atoms with van der Waals surface area (Å²) in [6.07, 6.45) is 2.44. The molecule has 3 atom stereocenters. The van der Waals surface area contributed by atoms with Gasteiger partial charge in [0.05, 0.1) is 23.5 Å². The number of halogens is 3. The normalized spacial score (nSPS) is 18.8. The molecule has 0 spiro atoms. The molecule has 2 bridgehead atoms. The number of benzene rings is 3. The first-order valence-electron chi connectivity index (χ1n) is 16.0. The Morgan fingerprint density at radius 3 is 2.43 bits per heavy atom. The number of anilines is 3. The van der Waals surface area contributed by atoms with E-state index in [2.05, 4.69) is 26.0 Å². The third kappa shape index (κ3) is 6.33. The number of aliphatic imine (C=N–C) groups is 1. The van der Waals surface area contributed by atoms with Gasteiger partial charge in [0, 0.05) is 49.2 Å². The summed E-state index contributed by atoms with van der Waals surface area (Å²) in [5, 5.41) is 7.82. The Bertz CT molecular complexity index is 1930. The van der Waals surface area contributed by atoms with Gasteiger partial charge in [0.1, 0.15) is 49.5 Å². The average molecular weight is 693 g/mol. The maximum Gasteiger partial charge on any atom is 0.350 e. The molecule has 1 aromatic heterocycles. The second-order valence-corrected chi connectivity index (χ2v) is 12.4. The van der Waals surface area contributed by atoms with E-state index < -0.39 is 29.7 Å². The van der Waals surface area contributed by atoms with Crippen LogP contribution in [0, 0.1) is 11.6 Å². The highest BCUT2D eigenvalue weighted by Gasteiger charge is 2.35. The largest absolute Gasteiger partial charge is 0.492 e. The zero-order chi connectivity index (χ0) is 34.2. The maximum atomic E-state index is 14.8. The summed E-state index contributed by atoms with van der Waals surface area (Å²) in [5.41, 5.74) is 3.73. The number of hydrogen-bond acceptors (Lipinski definition) is 10. The van der Waals surface area contributed by atoms with Crippen LogP contribution in [-0.4, -0.2) is 83.1 Å². The number of alkyl halides is 1. The smallest absolute Gasteiger partial charge is 0.350 e. The van der Waals surface area contributed by atoms with Gasteiger partial charge in [0.25, 0.3) is 0 Å². The third-order valence-corrected chi connectivity index (χ3v) is 9.49. The van der Waals surface area contributed by atoms with Crippen molar-refractivity contribution in [2.45, 2.75) is 32.0 Å². The van der Waals surface area contributed by atoms with Gasteiger partial charge in [-0.2, -0.15) is 10.1 Å². The molecule has 1 saturated heterocycles. The number of ether oxygens (including phenoxy) is 2. The fraction of sp³-hybridized carbons (Fsp3) is 0.353. The summed E-state index contributed by atoms with van der Waals surface area (Å²) in [7, 11) is 0. The van der Waals surface area contributed by atoms with E-state index in [1.807, 2.05) is 41.4 Å². The van der Waals surface area contributed by atoms with Gasteiger partial charge in [-0.3, -0.25) is 14.8 Å². The number of carbonyl (C=O) groups excluding carboxylic acids is 1. The van der Waals surface area contributed by atoms with Gasteiger partial charge in [-0.25, -0.2) is 22.8 Å². The fourth-order valence-electron chi connectivity index (χ4n) is 6.48. The molecule has 49 heavy (non-hydrogen) atoms. The molecule has 7 rings (SSSR count). The predicted octanol–water partition coefficient (Wildman–Crippen LogP) is 4.53. The van der Waals surface area contributed by atoms with Gasteiger partial charge in [-0.15, -0.1) is 11.6 Å². The summed E-state index contributed by atoms with van der Waals surface area (Å²) in [6, 6.07) is 16.6. The molecule has 3 aromatic carbocycles. The Morgan fingerprint density at radius 2 is 1.69 bits per heavy atom. The minimum absolute atomic E-state index is 0.221. The first-order valence-corrected chi connectivity index (χ1v) is 16.5. The van der Waals surface area contributed by atoms with Gasteiger partial charge in [0.15, 0.2) is 5.82 Å². The fourth-order valence-corrected chi connectivity index (χ4v) is 6.54. The minimum Gasteiger partial charge on any atom is -0.492 e. The Kier molecular flexibility index (Phi) is 8.99. The van der Waals surface area contributed by atoms with E-state index in [0.717, 1.165) is 54.9 Å². The lowest BCUT2D eigenvalue weighted by atomic mass is 10.0. The standard InChI is InChI=1S/C34H35ClF2N8O4/c1-22(23(2)49-33(46)17-35)45-34(47)42(21-39-45)26-6-4-25(5-7-26)40-11-13-41(14-12-40)30-10-8-27-16-28(30)32(18-48-27)44-20-38-19-43(44)31-9-3-24(36)15-29(31)37/h3-10,15-16,19,21-23,32H,11-14,17-18,20H2,1-2H3/t22-,23?,32+/m0/s1.